The third-order valence-electron chi connectivity index (χ3n) is 1.58. The Morgan fingerprint density at radius 3 is 2.83 bits per heavy atom. The molecule has 1 aromatic rings. The summed E-state index contributed by atoms with van der Waals surface area (Å²) < 4.78 is 0. The molecule has 0 amide bonds. The average Bonchev–Trinajstić information content (AvgIpc) is 2.04. The predicted molar refractivity (Wildman–Crippen MR) is 53.9 cm³/mol. The number of aliphatic imine (C=N–C) groups is 1. The first-order valence-corrected chi connectivity index (χ1v) is 3.76. The van der Waals surface area contributed by atoms with Crippen molar-refractivity contribution in [1.82, 2.24) is 0 Å². The molecular formula is C10H12N2. The van der Waals surface area contributed by atoms with E-state index in [1.807, 2.05) is 25.1 Å². The summed E-state index contributed by atoms with van der Waals surface area (Å²) in [6.45, 7) is 5.52. The molecule has 62 valence electrons. The van der Waals surface area contributed by atoms with E-state index in [4.69, 9.17) is 5.73 Å². The van der Waals surface area contributed by atoms with Crippen LogP contribution in [0.1, 0.15) is 5.56 Å². The number of allylic oxidation sites excluding steroid dienone is 1. The quantitative estimate of drug-likeness (QED) is 0.523. The Bertz CT molecular complexity index is 293. The van der Waals surface area contributed by atoms with Gasteiger partial charge in [-0.1, -0.05) is 24.8 Å². The minimum absolute atomic E-state index is 0.702. The fraction of sp³-hybridized carbons (Fsp3) is 0.100. The van der Waals surface area contributed by atoms with Crippen LogP contribution in [-0.4, -0.2) is 6.21 Å². The number of nitrogen functional groups attached to an aromatic ring is 1. The molecule has 2 N–H and O–H groups in total. The Morgan fingerprint density at radius 1 is 1.50 bits per heavy atom. The standard InChI is InChI=1S/C10H12N2/c1-3-7-12-10-8(2)5-4-6-9(10)11/h3-7H,1,11H2,2H3. The maximum absolute atomic E-state index is 5.71. The third kappa shape index (κ3) is 1.72. The predicted octanol–water partition coefficient (Wildman–Crippen LogP) is 2.47. The van der Waals surface area contributed by atoms with Crippen LogP contribution in [0.5, 0.6) is 0 Å². The van der Waals surface area contributed by atoms with Crippen LogP contribution in [0.25, 0.3) is 0 Å². The second-order valence-corrected chi connectivity index (χ2v) is 2.53. The van der Waals surface area contributed by atoms with Crippen LogP contribution >= 0.6 is 0 Å². The minimum Gasteiger partial charge on any atom is -0.397 e. The zero-order valence-corrected chi connectivity index (χ0v) is 7.12. The van der Waals surface area contributed by atoms with Crippen molar-refractivity contribution in [3.8, 4) is 0 Å². The highest BCUT2D eigenvalue weighted by atomic mass is 14.8. The van der Waals surface area contributed by atoms with Crippen LogP contribution < -0.4 is 5.73 Å². The van der Waals surface area contributed by atoms with Crippen LogP contribution in [0.4, 0.5) is 11.4 Å². The van der Waals surface area contributed by atoms with Gasteiger partial charge in [-0.3, -0.25) is 4.99 Å². The summed E-state index contributed by atoms with van der Waals surface area (Å²) in [7, 11) is 0. The molecule has 0 bridgehead atoms. The molecule has 12 heavy (non-hydrogen) atoms. The van der Waals surface area contributed by atoms with Crippen molar-refractivity contribution in [3.05, 3.63) is 36.4 Å². The highest BCUT2D eigenvalue weighted by Gasteiger charge is 1.97. The van der Waals surface area contributed by atoms with Crippen LogP contribution in [0.15, 0.2) is 35.8 Å². The van der Waals surface area contributed by atoms with E-state index in [0.29, 0.717) is 5.69 Å². The molecule has 1 aromatic carbocycles. The second kappa shape index (κ2) is 3.72. The molecule has 2 nitrogen and oxygen atoms in total. The average molecular weight is 160 g/mol. The molecule has 0 aromatic heterocycles. The largest absolute Gasteiger partial charge is 0.397 e. The number of para-hydroxylation sites is 1. The normalized spacial score (nSPS) is 10.4. The summed E-state index contributed by atoms with van der Waals surface area (Å²) in [5.41, 5.74) is 8.32. The number of anilines is 1. The van der Waals surface area contributed by atoms with E-state index in [9.17, 15) is 0 Å². The summed E-state index contributed by atoms with van der Waals surface area (Å²) in [5.74, 6) is 0. The number of hydrogen-bond acceptors (Lipinski definition) is 2. The Labute approximate surface area is 72.4 Å². The molecule has 0 radical (unpaired) electrons. The highest BCUT2D eigenvalue weighted by Crippen LogP contribution is 2.25. The van der Waals surface area contributed by atoms with Crippen molar-refractivity contribution in [1.29, 1.82) is 0 Å². The van der Waals surface area contributed by atoms with Gasteiger partial charge in [-0.05, 0) is 18.6 Å². The zero-order valence-electron chi connectivity index (χ0n) is 7.12. The lowest BCUT2D eigenvalue weighted by atomic mass is 10.2. The molecule has 0 atom stereocenters. The fourth-order valence-electron chi connectivity index (χ4n) is 0.985. The van der Waals surface area contributed by atoms with Crippen molar-refractivity contribution in [3.63, 3.8) is 0 Å². The van der Waals surface area contributed by atoms with Crippen molar-refractivity contribution >= 4 is 17.6 Å². The Hall–Kier alpha value is -1.57. The van der Waals surface area contributed by atoms with Crippen molar-refractivity contribution < 1.29 is 0 Å². The topological polar surface area (TPSA) is 38.4 Å². The summed E-state index contributed by atoms with van der Waals surface area (Å²) in [5, 5.41) is 0. The smallest absolute Gasteiger partial charge is 0.0887 e. The maximum Gasteiger partial charge on any atom is 0.0887 e. The number of rotatable bonds is 2. The summed E-state index contributed by atoms with van der Waals surface area (Å²) in [4.78, 5) is 4.16. The van der Waals surface area contributed by atoms with E-state index in [0.717, 1.165) is 11.3 Å². The van der Waals surface area contributed by atoms with E-state index >= 15 is 0 Å². The number of nitrogens with two attached hydrogens (primary N) is 1. The number of aryl methyl sites for hydroxylation is 1. The molecule has 0 saturated carbocycles. The highest BCUT2D eigenvalue weighted by molar-refractivity contribution is 5.78. The number of nitrogens with zero attached hydrogens (tertiary/aromatic N) is 1. The molecule has 0 aliphatic carbocycles. The molecule has 0 aliphatic heterocycles. The molecule has 0 saturated heterocycles. The summed E-state index contributed by atoms with van der Waals surface area (Å²) >= 11 is 0. The summed E-state index contributed by atoms with van der Waals surface area (Å²) in [6.07, 6.45) is 3.27. The molecular weight excluding hydrogens is 148 g/mol. The zero-order chi connectivity index (χ0) is 8.97. The van der Waals surface area contributed by atoms with Gasteiger partial charge in [0.25, 0.3) is 0 Å². The van der Waals surface area contributed by atoms with E-state index in [1.165, 1.54) is 0 Å². The van der Waals surface area contributed by atoms with Gasteiger partial charge in [0.2, 0.25) is 0 Å². The van der Waals surface area contributed by atoms with E-state index in [2.05, 4.69) is 11.6 Å². The first-order valence-electron chi connectivity index (χ1n) is 3.76. The van der Waals surface area contributed by atoms with Crippen molar-refractivity contribution in [2.24, 2.45) is 4.99 Å². The van der Waals surface area contributed by atoms with Gasteiger partial charge in [0.1, 0.15) is 0 Å². The van der Waals surface area contributed by atoms with Crippen LogP contribution in [0.2, 0.25) is 0 Å². The molecule has 0 spiro atoms. The minimum atomic E-state index is 0.702. The van der Waals surface area contributed by atoms with E-state index in [1.54, 1.807) is 12.3 Å². The monoisotopic (exact) mass is 160 g/mol. The van der Waals surface area contributed by atoms with Crippen molar-refractivity contribution in [2.75, 3.05) is 5.73 Å². The molecule has 0 unspecified atom stereocenters. The lowest BCUT2D eigenvalue weighted by molar-refractivity contribution is 1.41. The van der Waals surface area contributed by atoms with Crippen LogP contribution in [-0.2, 0) is 0 Å². The lowest BCUT2D eigenvalue weighted by Gasteiger charge is -2.01. The Morgan fingerprint density at radius 2 is 2.25 bits per heavy atom. The van der Waals surface area contributed by atoms with Crippen LogP contribution in [0, 0.1) is 6.92 Å². The summed E-state index contributed by atoms with van der Waals surface area (Å²) in [6, 6.07) is 5.73. The molecule has 0 heterocycles. The molecule has 0 aliphatic rings. The third-order valence-corrected chi connectivity index (χ3v) is 1.58. The first-order chi connectivity index (χ1) is 5.75. The van der Waals surface area contributed by atoms with E-state index < -0.39 is 0 Å². The Balaban J connectivity index is 3.12. The van der Waals surface area contributed by atoms with E-state index in [-0.39, 0.29) is 0 Å². The van der Waals surface area contributed by atoms with Gasteiger partial charge < -0.3 is 5.73 Å². The van der Waals surface area contributed by atoms with Gasteiger partial charge >= 0.3 is 0 Å². The molecule has 1 rings (SSSR count). The van der Waals surface area contributed by atoms with Gasteiger partial charge in [0.05, 0.1) is 11.4 Å². The number of hydrogen-bond donors (Lipinski definition) is 1. The second-order valence-electron chi connectivity index (χ2n) is 2.53. The van der Waals surface area contributed by atoms with Gasteiger partial charge in [-0.2, -0.15) is 0 Å². The first kappa shape index (κ1) is 8.53. The SMILES string of the molecule is C=CC=Nc1c(C)cccc1N. The van der Waals surface area contributed by atoms with Crippen molar-refractivity contribution in [2.45, 2.75) is 6.92 Å². The van der Waals surface area contributed by atoms with Gasteiger partial charge in [-0.15, -0.1) is 0 Å². The fourth-order valence-corrected chi connectivity index (χ4v) is 0.985. The molecule has 2 heteroatoms. The van der Waals surface area contributed by atoms with Gasteiger partial charge in [-0.25, -0.2) is 0 Å². The molecule has 0 fully saturated rings. The lowest BCUT2D eigenvalue weighted by Crippen LogP contribution is -1.86. The van der Waals surface area contributed by atoms with Crippen LogP contribution in [0.3, 0.4) is 0 Å². The Kier molecular flexibility index (Phi) is 2.64. The maximum atomic E-state index is 5.71. The van der Waals surface area contributed by atoms with Gasteiger partial charge in [0, 0.05) is 6.21 Å². The number of benzene rings is 1. The van der Waals surface area contributed by atoms with Gasteiger partial charge in [0.15, 0.2) is 0 Å².